The van der Waals surface area contributed by atoms with Gasteiger partial charge in [-0.3, -0.25) is 9.78 Å². The van der Waals surface area contributed by atoms with E-state index in [2.05, 4.69) is 15.4 Å². The summed E-state index contributed by atoms with van der Waals surface area (Å²) in [6, 6.07) is 5.68. The van der Waals surface area contributed by atoms with Crippen molar-refractivity contribution in [1.82, 2.24) is 14.8 Å². The van der Waals surface area contributed by atoms with Crippen molar-refractivity contribution in [2.75, 3.05) is 11.9 Å². The molecule has 0 radical (unpaired) electrons. The van der Waals surface area contributed by atoms with Gasteiger partial charge in [-0.2, -0.15) is 5.10 Å². The highest BCUT2D eigenvalue weighted by molar-refractivity contribution is 5.91. The molecule has 0 saturated heterocycles. The Morgan fingerprint density at radius 1 is 1.44 bits per heavy atom. The van der Waals surface area contributed by atoms with Crippen molar-refractivity contribution in [2.24, 2.45) is 5.73 Å². The van der Waals surface area contributed by atoms with Gasteiger partial charge in [0.15, 0.2) is 5.69 Å². The van der Waals surface area contributed by atoms with Gasteiger partial charge in [-0.05, 0) is 17.7 Å². The van der Waals surface area contributed by atoms with Crippen molar-refractivity contribution >= 4 is 11.7 Å². The number of carbonyl (C=O) groups excluding carboxylic acids is 1. The first kappa shape index (κ1) is 10.8. The van der Waals surface area contributed by atoms with E-state index in [1.807, 2.05) is 12.1 Å². The minimum absolute atomic E-state index is 0.299. The molecular formula is C12H13N5O. The first-order valence-corrected chi connectivity index (χ1v) is 5.75. The third kappa shape index (κ3) is 1.81. The molecule has 0 fully saturated rings. The Kier molecular flexibility index (Phi) is 2.47. The maximum Gasteiger partial charge on any atom is 0.269 e. The molecule has 0 spiro atoms. The number of rotatable bonds is 2. The molecule has 92 valence electrons. The minimum Gasteiger partial charge on any atom is -0.370 e. The van der Waals surface area contributed by atoms with Crippen LogP contribution in [0.1, 0.15) is 22.0 Å². The van der Waals surface area contributed by atoms with Crippen molar-refractivity contribution in [3.05, 3.63) is 41.9 Å². The zero-order valence-electron chi connectivity index (χ0n) is 9.71. The van der Waals surface area contributed by atoms with E-state index in [4.69, 9.17) is 5.73 Å². The summed E-state index contributed by atoms with van der Waals surface area (Å²) >= 11 is 0. The number of hydrogen-bond donors (Lipinski definition) is 2. The van der Waals surface area contributed by atoms with Gasteiger partial charge in [0.2, 0.25) is 0 Å². The Balaban J connectivity index is 1.87. The third-order valence-corrected chi connectivity index (χ3v) is 3.13. The van der Waals surface area contributed by atoms with Gasteiger partial charge < -0.3 is 11.1 Å². The highest BCUT2D eigenvalue weighted by atomic mass is 16.1. The number of primary amides is 1. The van der Waals surface area contributed by atoms with Crippen LogP contribution in [0, 0.1) is 0 Å². The van der Waals surface area contributed by atoms with Gasteiger partial charge >= 0.3 is 0 Å². The molecule has 0 saturated carbocycles. The summed E-state index contributed by atoms with van der Waals surface area (Å²) in [5, 5.41) is 7.45. The van der Waals surface area contributed by atoms with E-state index >= 15 is 0 Å². The summed E-state index contributed by atoms with van der Waals surface area (Å²) in [6.45, 7) is 1.55. The molecule has 3 heterocycles. The van der Waals surface area contributed by atoms with E-state index in [9.17, 15) is 4.79 Å². The van der Waals surface area contributed by atoms with Crippen LogP contribution in [-0.2, 0) is 6.54 Å². The van der Waals surface area contributed by atoms with Crippen molar-refractivity contribution < 1.29 is 4.79 Å². The number of aromatic nitrogens is 3. The Labute approximate surface area is 104 Å². The zero-order chi connectivity index (χ0) is 12.5. The first-order chi connectivity index (χ1) is 8.74. The summed E-state index contributed by atoms with van der Waals surface area (Å²) in [5.74, 6) is 0.661. The van der Waals surface area contributed by atoms with Gasteiger partial charge in [-0.25, -0.2) is 4.68 Å². The summed E-state index contributed by atoms with van der Waals surface area (Å²) in [7, 11) is 0. The van der Waals surface area contributed by atoms with Crippen LogP contribution in [0.2, 0.25) is 0 Å². The van der Waals surface area contributed by atoms with E-state index < -0.39 is 5.91 Å². The second-order valence-electron chi connectivity index (χ2n) is 4.32. The molecule has 1 amide bonds. The lowest BCUT2D eigenvalue weighted by atomic mass is 9.99. The van der Waals surface area contributed by atoms with E-state index in [0.717, 1.165) is 18.9 Å². The summed E-state index contributed by atoms with van der Waals surface area (Å²) in [5.41, 5.74) is 6.73. The highest BCUT2D eigenvalue weighted by Gasteiger charge is 2.22. The van der Waals surface area contributed by atoms with E-state index in [-0.39, 0.29) is 0 Å². The second kappa shape index (κ2) is 4.14. The SMILES string of the molecule is NC(=O)c1cc2n(n1)CC(c1ccncc1)CN2. The number of nitrogens with one attached hydrogen (secondary N) is 1. The molecule has 1 unspecified atom stereocenters. The Hall–Kier alpha value is -2.37. The van der Waals surface area contributed by atoms with Crippen molar-refractivity contribution in [3.63, 3.8) is 0 Å². The van der Waals surface area contributed by atoms with Crippen LogP contribution in [0.15, 0.2) is 30.6 Å². The van der Waals surface area contributed by atoms with Gasteiger partial charge in [0, 0.05) is 30.9 Å². The number of carbonyl (C=O) groups is 1. The molecule has 6 nitrogen and oxygen atoms in total. The number of pyridine rings is 1. The number of amides is 1. The predicted molar refractivity (Wildman–Crippen MR) is 66.2 cm³/mol. The van der Waals surface area contributed by atoms with Crippen LogP contribution in [0.3, 0.4) is 0 Å². The molecule has 0 aliphatic carbocycles. The average Bonchev–Trinajstić information content (AvgIpc) is 2.82. The van der Waals surface area contributed by atoms with E-state index in [1.165, 1.54) is 5.56 Å². The molecule has 2 aromatic heterocycles. The van der Waals surface area contributed by atoms with Gasteiger partial charge in [0.25, 0.3) is 5.91 Å². The molecule has 0 aromatic carbocycles. The standard InChI is InChI=1S/C12H13N5O/c13-12(18)10-5-11-15-6-9(7-17(11)16-10)8-1-3-14-4-2-8/h1-5,9,15H,6-7H2,(H2,13,18). The maximum atomic E-state index is 11.1. The highest BCUT2D eigenvalue weighted by Crippen LogP contribution is 2.25. The Bertz CT molecular complexity index is 577. The van der Waals surface area contributed by atoms with E-state index in [1.54, 1.807) is 23.1 Å². The van der Waals surface area contributed by atoms with Gasteiger partial charge in [-0.1, -0.05) is 0 Å². The molecule has 1 atom stereocenters. The van der Waals surface area contributed by atoms with Crippen LogP contribution in [0.4, 0.5) is 5.82 Å². The summed E-state index contributed by atoms with van der Waals surface area (Å²) in [6.07, 6.45) is 3.56. The number of fused-ring (bicyclic) bond motifs is 1. The zero-order valence-corrected chi connectivity index (χ0v) is 9.71. The molecular weight excluding hydrogens is 230 g/mol. The fourth-order valence-corrected chi connectivity index (χ4v) is 2.18. The number of hydrogen-bond acceptors (Lipinski definition) is 4. The van der Waals surface area contributed by atoms with Crippen LogP contribution in [0.5, 0.6) is 0 Å². The third-order valence-electron chi connectivity index (χ3n) is 3.13. The smallest absolute Gasteiger partial charge is 0.269 e. The van der Waals surface area contributed by atoms with Crippen molar-refractivity contribution in [2.45, 2.75) is 12.5 Å². The summed E-state index contributed by atoms with van der Waals surface area (Å²) < 4.78 is 1.79. The van der Waals surface area contributed by atoms with E-state index in [0.29, 0.717) is 11.6 Å². The van der Waals surface area contributed by atoms with Crippen molar-refractivity contribution in [3.8, 4) is 0 Å². The molecule has 3 N–H and O–H groups in total. The topological polar surface area (TPSA) is 85.8 Å². The Morgan fingerprint density at radius 3 is 2.94 bits per heavy atom. The number of nitrogens with two attached hydrogens (primary N) is 1. The van der Waals surface area contributed by atoms with Gasteiger partial charge in [0.05, 0.1) is 6.54 Å². The lowest BCUT2D eigenvalue weighted by molar-refractivity contribution is 0.0994. The Morgan fingerprint density at radius 2 is 2.22 bits per heavy atom. The largest absolute Gasteiger partial charge is 0.370 e. The molecule has 18 heavy (non-hydrogen) atoms. The van der Waals surface area contributed by atoms with Gasteiger partial charge in [-0.15, -0.1) is 0 Å². The molecule has 1 aliphatic heterocycles. The van der Waals surface area contributed by atoms with Crippen LogP contribution < -0.4 is 11.1 Å². The van der Waals surface area contributed by atoms with Crippen LogP contribution in [-0.4, -0.2) is 27.2 Å². The minimum atomic E-state index is -0.501. The van der Waals surface area contributed by atoms with Gasteiger partial charge in [0.1, 0.15) is 5.82 Å². The predicted octanol–water partition coefficient (Wildman–Crippen LogP) is 0.586. The molecule has 0 bridgehead atoms. The van der Waals surface area contributed by atoms with Crippen LogP contribution >= 0.6 is 0 Å². The molecule has 3 rings (SSSR count). The van der Waals surface area contributed by atoms with Crippen molar-refractivity contribution in [1.29, 1.82) is 0 Å². The fourth-order valence-electron chi connectivity index (χ4n) is 2.18. The second-order valence-corrected chi connectivity index (χ2v) is 4.32. The first-order valence-electron chi connectivity index (χ1n) is 5.75. The lowest BCUT2D eigenvalue weighted by Gasteiger charge is -2.24. The monoisotopic (exact) mass is 243 g/mol. The quantitative estimate of drug-likeness (QED) is 0.808. The molecule has 1 aliphatic rings. The maximum absolute atomic E-state index is 11.1. The molecule has 6 heteroatoms. The number of anilines is 1. The fraction of sp³-hybridized carbons (Fsp3) is 0.250. The lowest BCUT2D eigenvalue weighted by Crippen LogP contribution is -2.26. The number of nitrogens with zero attached hydrogens (tertiary/aromatic N) is 3. The average molecular weight is 243 g/mol. The summed E-state index contributed by atoms with van der Waals surface area (Å²) in [4.78, 5) is 15.1. The molecule has 2 aromatic rings. The van der Waals surface area contributed by atoms with Crippen LogP contribution in [0.25, 0.3) is 0 Å². The normalized spacial score (nSPS) is 17.9.